The van der Waals surface area contributed by atoms with Crippen molar-refractivity contribution in [2.24, 2.45) is 0 Å². The molecule has 29 heavy (non-hydrogen) atoms. The molecule has 0 atom stereocenters. The molecule has 8 nitrogen and oxygen atoms in total. The van der Waals surface area contributed by atoms with Gasteiger partial charge in [-0.1, -0.05) is 27.7 Å². The van der Waals surface area contributed by atoms with Crippen LogP contribution in [0.5, 0.6) is 0 Å². The summed E-state index contributed by atoms with van der Waals surface area (Å²) >= 11 is 0. The second-order valence-electron chi connectivity index (χ2n) is 5.40. The number of aromatic nitrogens is 8. The molecule has 4 rings (SSSR count). The van der Waals surface area contributed by atoms with Gasteiger partial charge >= 0.3 is 0 Å². The summed E-state index contributed by atoms with van der Waals surface area (Å²) in [5.41, 5.74) is 2.80. The van der Waals surface area contributed by atoms with Crippen LogP contribution in [0.1, 0.15) is 44.8 Å². The first-order chi connectivity index (χ1) is 14.1. The highest BCUT2D eigenvalue weighted by Gasteiger charge is 1.98. The number of hydrogen-bond acceptors (Lipinski definition) is 6. The molecule has 0 fully saturated rings. The maximum atomic E-state index is 4.22. The van der Waals surface area contributed by atoms with Gasteiger partial charge in [0.2, 0.25) is 0 Å². The molecule has 0 aliphatic carbocycles. The topological polar surface area (TPSA) is 87.2 Å². The number of rotatable bonds is 2. The predicted octanol–water partition coefficient (Wildman–Crippen LogP) is 4.30. The smallest absolute Gasteiger partial charge is 0.171 e. The molecule has 4 aromatic rings. The average molecular weight is 395 g/mol. The predicted molar refractivity (Wildman–Crippen MR) is 115 cm³/mol. The Labute approximate surface area is 172 Å². The van der Waals surface area contributed by atoms with Crippen molar-refractivity contribution in [2.75, 3.05) is 0 Å². The van der Waals surface area contributed by atoms with Crippen molar-refractivity contribution in [2.45, 2.75) is 48.5 Å². The van der Waals surface area contributed by atoms with Crippen molar-refractivity contribution in [1.82, 2.24) is 39.3 Å². The summed E-state index contributed by atoms with van der Waals surface area (Å²) in [7, 11) is 0. The largest absolute Gasteiger partial charge is 0.289 e. The zero-order valence-corrected chi connectivity index (χ0v) is 18.3. The van der Waals surface area contributed by atoms with Crippen LogP contribution in [0.3, 0.4) is 0 Å². The van der Waals surface area contributed by atoms with Gasteiger partial charge in [0.1, 0.15) is 6.33 Å². The molecule has 0 aliphatic rings. The third kappa shape index (κ3) is 7.61. The third-order valence-electron chi connectivity index (χ3n) is 3.25. The van der Waals surface area contributed by atoms with Crippen molar-refractivity contribution in [3.8, 4) is 11.6 Å². The first kappa shape index (κ1) is 23.6. The Kier molecular flexibility index (Phi) is 10.5. The molecule has 0 amide bonds. The summed E-state index contributed by atoms with van der Waals surface area (Å²) in [6.45, 7) is 13.8. The fraction of sp³-hybridized carbons (Fsp3) is 0.333. The van der Waals surface area contributed by atoms with E-state index in [-0.39, 0.29) is 0 Å². The maximum Gasteiger partial charge on any atom is 0.171 e. The minimum absolute atomic E-state index is 0.741. The van der Waals surface area contributed by atoms with E-state index >= 15 is 0 Å². The summed E-state index contributed by atoms with van der Waals surface area (Å²) in [6.07, 6.45) is 14.1. The van der Waals surface area contributed by atoms with Gasteiger partial charge in [0.15, 0.2) is 11.6 Å². The Morgan fingerprint density at radius 3 is 1.66 bits per heavy atom. The molecule has 0 spiro atoms. The average Bonchev–Trinajstić information content (AvgIpc) is 3.45. The van der Waals surface area contributed by atoms with Gasteiger partial charge in [-0.15, -0.1) is 0 Å². The number of aryl methyl sites for hydroxylation is 3. The van der Waals surface area contributed by atoms with Crippen LogP contribution in [0.2, 0.25) is 0 Å². The Hall–Kier alpha value is -3.42. The SMILES string of the molecule is CC.CC.Cc1cnc(-n2cccn2)cn1.Cc1cnc(-n2cnc(C)c2)cn1. The van der Waals surface area contributed by atoms with E-state index in [2.05, 4.69) is 30.0 Å². The number of imidazole rings is 1. The van der Waals surface area contributed by atoms with Crippen LogP contribution in [0.15, 0.2) is 55.8 Å². The molecule has 0 saturated heterocycles. The lowest BCUT2D eigenvalue weighted by Gasteiger charge is -1.98. The summed E-state index contributed by atoms with van der Waals surface area (Å²) in [6, 6.07) is 1.85. The van der Waals surface area contributed by atoms with E-state index in [0.717, 1.165) is 28.7 Å². The number of hydrogen-bond donors (Lipinski definition) is 0. The minimum atomic E-state index is 0.741. The van der Waals surface area contributed by atoms with E-state index in [1.165, 1.54) is 0 Å². The molecule has 0 unspecified atom stereocenters. The molecule has 0 aliphatic heterocycles. The van der Waals surface area contributed by atoms with Gasteiger partial charge in [0, 0.05) is 18.6 Å². The Bertz CT molecular complexity index is 910. The second-order valence-corrected chi connectivity index (χ2v) is 5.40. The summed E-state index contributed by atoms with van der Waals surface area (Å²) in [5, 5.41) is 4.03. The quantitative estimate of drug-likeness (QED) is 0.504. The molecule has 4 heterocycles. The zero-order chi connectivity index (χ0) is 21.6. The highest BCUT2D eigenvalue weighted by molar-refractivity contribution is 5.19. The van der Waals surface area contributed by atoms with Crippen LogP contribution in [0.4, 0.5) is 0 Å². The fourth-order valence-corrected chi connectivity index (χ4v) is 1.97. The van der Waals surface area contributed by atoms with E-state index in [1.807, 2.05) is 71.5 Å². The molecule has 0 N–H and O–H groups in total. The lowest BCUT2D eigenvalue weighted by molar-refractivity contribution is 0.833. The zero-order valence-electron chi connectivity index (χ0n) is 18.3. The van der Waals surface area contributed by atoms with Crippen molar-refractivity contribution in [3.05, 3.63) is 72.9 Å². The summed E-state index contributed by atoms with van der Waals surface area (Å²) in [4.78, 5) is 20.8. The van der Waals surface area contributed by atoms with Crippen LogP contribution in [-0.2, 0) is 0 Å². The van der Waals surface area contributed by atoms with E-state index in [0.29, 0.717) is 0 Å². The molecule has 8 heteroatoms. The Morgan fingerprint density at radius 1 is 0.655 bits per heavy atom. The second kappa shape index (κ2) is 12.9. The van der Waals surface area contributed by atoms with Crippen LogP contribution < -0.4 is 0 Å². The van der Waals surface area contributed by atoms with E-state index in [4.69, 9.17) is 0 Å². The first-order valence-electron chi connectivity index (χ1n) is 9.70. The van der Waals surface area contributed by atoms with Gasteiger partial charge in [-0.25, -0.2) is 19.6 Å². The lowest BCUT2D eigenvalue weighted by atomic mass is 10.5. The van der Waals surface area contributed by atoms with Gasteiger partial charge in [-0.05, 0) is 26.8 Å². The Balaban J connectivity index is 0.000000248. The standard InChI is InChI=1S/C9H10N4.C8H8N4.2C2H6/c1-7-3-11-9(4-10-7)13-5-8(2)12-6-13;1-7-5-10-8(6-9-7)12-4-2-3-11-12;2*1-2/h3-6H,1-2H3;2-6H,1H3;2*1-2H3. The molecule has 0 saturated carbocycles. The molecular formula is C21H30N8. The molecule has 0 radical (unpaired) electrons. The van der Waals surface area contributed by atoms with Gasteiger partial charge < -0.3 is 0 Å². The molecule has 0 aromatic carbocycles. The summed E-state index contributed by atoms with van der Waals surface area (Å²) < 4.78 is 3.52. The molecular weight excluding hydrogens is 364 g/mol. The molecule has 154 valence electrons. The van der Waals surface area contributed by atoms with Crippen molar-refractivity contribution >= 4 is 0 Å². The third-order valence-corrected chi connectivity index (χ3v) is 3.25. The van der Waals surface area contributed by atoms with Crippen molar-refractivity contribution in [3.63, 3.8) is 0 Å². The van der Waals surface area contributed by atoms with Crippen LogP contribution in [0.25, 0.3) is 11.6 Å². The maximum absolute atomic E-state index is 4.22. The summed E-state index contributed by atoms with van der Waals surface area (Å²) in [5.74, 6) is 1.54. The van der Waals surface area contributed by atoms with Gasteiger partial charge in [0.05, 0.1) is 41.9 Å². The lowest BCUT2D eigenvalue weighted by Crippen LogP contribution is -1.98. The van der Waals surface area contributed by atoms with Crippen molar-refractivity contribution < 1.29 is 0 Å². The Morgan fingerprint density at radius 2 is 1.24 bits per heavy atom. The van der Waals surface area contributed by atoms with Crippen molar-refractivity contribution in [1.29, 1.82) is 0 Å². The van der Waals surface area contributed by atoms with E-state index in [1.54, 1.807) is 42.0 Å². The highest BCUT2D eigenvalue weighted by atomic mass is 15.3. The molecule has 0 bridgehead atoms. The van der Waals surface area contributed by atoms with E-state index < -0.39 is 0 Å². The molecule has 4 aromatic heterocycles. The van der Waals surface area contributed by atoms with Gasteiger partial charge in [0.25, 0.3) is 0 Å². The number of nitrogens with zero attached hydrogens (tertiary/aromatic N) is 8. The fourth-order valence-electron chi connectivity index (χ4n) is 1.97. The highest BCUT2D eigenvalue weighted by Crippen LogP contribution is 2.03. The van der Waals surface area contributed by atoms with Gasteiger partial charge in [-0.3, -0.25) is 14.5 Å². The van der Waals surface area contributed by atoms with Gasteiger partial charge in [-0.2, -0.15) is 5.10 Å². The monoisotopic (exact) mass is 394 g/mol. The van der Waals surface area contributed by atoms with Crippen LogP contribution in [0, 0.1) is 20.8 Å². The minimum Gasteiger partial charge on any atom is -0.289 e. The van der Waals surface area contributed by atoms with Crippen LogP contribution >= 0.6 is 0 Å². The first-order valence-corrected chi connectivity index (χ1v) is 9.70. The van der Waals surface area contributed by atoms with Crippen LogP contribution in [-0.4, -0.2) is 39.3 Å². The normalized spacial score (nSPS) is 9.21. The van der Waals surface area contributed by atoms with E-state index in [9.17, 15) is 0 Å².